The van der Waals surface area contributed by atoms with Crippen LogP contribution in [0, 0.1) is 5.92 Å². The van der Waals surface area contributed by atoms with Gasteiger partial charge in [0.15, 0.2) is 6.61 Å². The van der Waals surface area contributed by atoms with Gasteiger partial charge in [-0.25, -0.2) is 13.8 Å². The fraction of sp³-hybridized carbons (Fsp3) is 0.600. The number of rotatable bonds is 6. The average molecular weight is 313 g/mol. The van der Waals surface area contributed by atoms with Gasteiger partial charge in [-0.05, 0) is 32.4 Å². The lowest BCUT2D eigenvalue weighted by Crippen LogP contribution is -2.42. The van der Waals surface area contributed by atoms with Crippen LogP contribution in [0.4, 0.5) is 8.78 Å². The van der Waals surface area contributed by atoms with Crippen LogP contribution in [0.2, 0.25) is 0 Å². The van der Waals surface area contributed by atoms with Gasteiger partial charge in [-0.1, -0.05) is 6.07 Å². The van der Waals surface area contributed by atoms with Gasteiger partial charge in [0.1, 0.15) is 0 Å². The number of hydrogen-bond acceptors (Lipinski definition) is 4. The van der Waals surface area contributed by atoms with Crippen LogP contribution in [0.1, 0.15) is 25.3 Å². The minimum Gasteiger partial charge on any atom is -0.471 e. The molecule has 0 radical (unpaired) electrons. The first-order valence-electron chi connectivity index (χ1n) is 7.42. The molecule has 1 aliphatic rings. The molecule has 5 nitrogen and oxygen atoms in total. The summed E-state index contributed by atoms with van der Waals surface area (Å²) in [5.41, 5.74) is 0.596. The van der Waals surface area contributed by atoms with Crippen molar-refractivity contribution in [1.29, 1.82) is 0 Å². The highest BCUT2D eigenvalue weighted by Gasteiger charge is 2.24. The summed E-state index contributed by atoms with van der Waals surface area (Å²) < 4.78 is 29.4. The number of amides is 1. The molecule has 2 N–H and O–H groups in total. The number of hydrogen-bond donors (Lipinski definition) is 2. The number of halogens is 2. The Morgan fingerprint density at radius 3 is 3.14 bits per heavy atom. The van der Waals surface area contributed by atoms with Gasteiger partial charge in [0.05, 0.1) is 0 Å². The molecule has 2 atom stereocenters. The molecule has 0 aromatic carbocycles. The lowest BCUT2D eigenvalue weighted by molar-refractivity contribution is -0.126. The minimum atomic E-state index is -2.55. The van der Waals surface area contributed by atoms with Gasteiger partial charge in [-0.3, -0.25) is 4.79 Å². The van der Waals surface area contributed by atoms with E-state index in [2.05, 4.69) is 22.5 Å². The molecular formula is C15H21F2N3O2. The third-order valence-electron chi connectivity index (χ3n) is 3.64. The Bertz CT molecular complexity index is 499. The highest BCUT2D eigenvalue weighted by Crippen LogP contribution is 2.18. The van der Waals surface area contributed by atoms with Crippen molar-refractivity contribution < 1.29 is 18.3 Å². The van der Waals surface area contributed by atoms with Crippen molar-refractivity contribution in [3.05, 3.63) is 23.9 Å². The van der Waals surface area contributed by atoms with Crippen LogP contribution in [0.25, 0.3) is 0 Å². The summed E-state index contributed by atoms with van der Waals surface area (Å²) in [6.07, 6.45) is 0.521. The van der Waals surface area contributed by atoms with Crippen LogP contribution in [0.3, 0.4) is 0 Å². The third kappa shape index (κ3) is 4.91. The number of ether oxygens (including phenoxy) is 1. The van der Waals surface area contributed by atoms with Crippen LogP contribution < -0.4 is 15.4 Å². The summed E-state index contributed by atoms with van der Waals surface area (Å²) >= 11 is 0. The highest BCUT2D eigenvalue weighted by atomic mass is 19.3. The monoisotopic (exact) mass is 313 g/mol. The quantitative estimate of drug-likeness (QED) is 0.839. The Morgan fingerprint density at radius 2 is 2.41 bits per heavy atom. The Kier molecular flexibility index (Phi) is 6.06. The zero-order chi connectivity index (χ0) is 15.9. The van der Waals surface area contributed by atoms with Crippen molar-refractivity contribution in [2.24, 2.45) is 5.92 Å². The van der Waals surface area contributed by atoms with Crippen LogP contribution in [-0.2, 0) is 11.3 Å². The van der Waals surface area contributed by atoms with E-state index in [0.29, 0.717) is 11.6 Å². The van der Waals surface area contributed by atoms with Crippen molar-refractivity contribution >= 4 is 5.91 Å². The van der Waals surface area contributed by atoms with Gasteiger partial charge in [-0.15, -0.1) is 0 Å². The van der Waals surface area contributed by atoms with Crippen LogP contribution in [-0.4, -0.2) is 36.5 Å². The molecule has 122 valence electrons. The minimum absolute atomic E-state index is 0.0154. The summed E-state index contributed by atoms with van der Waals surface area (Å²) in [7, 11) is 0. The molecule has 0 bridgehead atoms. The van der Waals surface area contributed by atoms with Crippen molar-refractivity contribution in [2.45, 2.75) is 38.8 Å². The lowest BCUT2D eigenvalue weighted by Gasteiger charge is -2.27. The first-order chi connectivity index (χ1) is 10.6. The number of nitrogens with zero attached hydrogens (tertiary/aromatic N) is 1. The van der Waals surface area contributed by atoms with Crippen molar-refractivity contribution in [2.75, 3.05) is 13.2 Å². The molecule has 1 fully saturated rings. The number of pyridine rings is 1. The topological polar surface area (TPSA) is 63.2 Å². The normalized spacial score (nSPS) is 21.6. The Morgan fingerprint density at radius 1 is 1.59 bits per heavy atom. The molecule has 0 aliphatic carbocycles. The smallest absolute Gasteiger partial charge is 0.272 e. The maximum atomic E-state index is 12.2. The standard InChI is InChI=1S/C15H21F2N3O2/c1-10-7-11(4-6-18-10)14(21)20-8-12-3-2-5-19-15(12)22-9-13(16)17/h2-3,5,10-11,13,18H,4,6-9H2,1H3,(H,20,21)/t10-,11-/m0/s1. The summed E-state index contributed by atoms with van der Waals surface area (Å²) in [5.74, 6) is 0.108. The zero-order valence-electron chi connectivity index (χ0n) is 12.5. The zero-order valence-corrected chi connectivity index (χ0v) is 12.5. The largest absolute Gasteiger partial charge is 0.471 e. The van der Waals surface area contributed by atoms with Gasteiger partial charge in [0.2, 0.25) is 11.8 Å². The van der Waals surface area contributed by atoms with Gasteiger partial charge in [0.25, 0.3) is 6.43 Å². The van der Waals surface area contributed by atoms with Gasteiger partial charge < -0.3 is 15.4 Å². The van der Waals surface area contributed by atoms with E-state index in [0.717, 1.165) is 19.4 Å². The molecule has 0 saturated carbocycles. The highest BCUT2D eigenvalue weighted by molar-refractivity contribution is 5.78. The molecule has 1 amide bonds. The molecule has 2 heterocycles. The fourth-order valence-corrected chi connectivity index (χ4v) is 2.53. The molecule has 1 saturated heterocycles. The average Bonchev–Trinajstić information content (AvgIpc) is 2.51. The maximum absolute atomic E-state index is 12.2. The number of piperidine rings is 1. The first kappa shape index (κ1) is 16.6. The SMILES string of the molecule is C[C@H]1C[C@@H](C(=O)NCc2cccnc2OCC(F)F)CCN1. The van der Waals surface area contributed by atoms with E-state index in [1.165, 1.54) is 6.20 Å². The van der Waals surface area contributed by atoms with E-state index in [4.69, 9.17) is 4.74 Å². The fourth-order valence-electron chi connectivity index (χ4n) is 2.53. The summed E-state index contributed by atoms with van der Waals surface area (Å²) in [6.45, 7) is 2.40. The summed E-state index contributed by atoms with van der Waals surface area (Å²) in [6, 6.07) is 3.72. The van der Waals surface area contributed by atoms with Gasteiger partial charge in [0, 0.05) is 30.3 Å². The first-order valence-corrected chi connectivity index (χ1v) is 7.42. The van der Waals surface area contributed by atoms with E-state index in [-0.39, 0.29) is 24.2 Å². The Labute approximate surface area is 128 Å². The van der Waals surface area contributed by atoms with Crippen molar-refractivity contribution in [3.63, 3.8) is 0 Å². The van der Waals surface area contributed by atoms with E-state index in [1.54, 1.807) is 12.1 Å². The van der Waals surface area contributed by atoms with E-state index in [9.17, 15) is 13.6 Å². The molecule has 0 spiro atoms. The summed E-state index contributed by atoms with van der Waals surface area (Å²) in [5, 5.41) is 6.14. The Hall–Kier alpha value is -1.76. The molecule has 2 rings (SSSR count). The number of nitrogens with one attached hydrogen (secondary N) is 2. The van der Waals surface area contributed by atoms with Crippen molar-refractivity contribution in [3.8, 4) is 5.88 Å². The van der Waals surface area contributed by atoms with Crippen LogP contribution >= 0.6 is 0 Å². The molecular weight excluding hydrogens is 292 g/mol. The van der Waals surface area contributed by atoms with Gasteiger partial charge in [-0.2, -0.15) is 0 Å². The predicted octanol–water partition coefficient (Wildman–Crippen LogP) is 1.73. The van der Waals surface area contributed by atoms with Crippen molar-refractivity contribution in [1.82, 2.24) is 15.6 Å². The lowest BCUT2D eigenvalue weighted by atomic mass is 9.92. The number of alkyl halides is 2. The maximum Gasteiger partial charge on any atom is 0.272 e. The Balaban J connectivity index is 1.89. The van der Waals surface area contributed by atoms with E-state index in [1.807, 2.05) is 0 Å². The summed E-state index contributed by atoms with van der Waals surface area (Å²) in [4.78, 5) is 16.1. The molecule has 1 aromatic heterocycles. The number of carbonyl (C=O) groups is 1. The van der Waals surface area contributed by atoms with Gasteiger partial charge >= 0.3 is 0 Å². The van der Waals surface area contributed by atoms with Crippen LogP contribution in [0.15, 0.2) is 18.3 Å². The molecule has 1 aliphatic heterocycles. The third-order valence-corrected chi connectivity index (χ3v) is 3.64. The van der Waals surface area contributed by atoms with E-state index < -0.39 is 13.0 Å². The predicted molar refractivity (Wildman–Crippen MR) is 77.8 cm³/mol. The second kappa shape index (κ2) is 8.03. The second-order valence-electron chi connectivity index (χ2n) is 5.46. The number of aromatic nitrogens is 1. The molecule has 1 aromatic rings. The van der Waals surface area contributed by atoms with E-state index >= 15 is 0 Å². The second-order valence-corrected chi connectivity index (χ2v) is 5.46. The molecule has 0 unspecified atom stereocenters. The number of carbonyl (C=O) groups excluding carboxylic acids is 1. The molecule has 22 heavy (non-hydrogen) atoms. The molecule has 7 heteroatoms. The van der Waals surface area contributed by atoms with Crippen LogP contribution in [0.5, 0.6) is 5.88 Å².